The fourth-order valence-electron chi connectivity index (χ4n) is 1.00. The van der Waals surface area contributed by atoms with E-state index in [1.807, 2.05) is 0 Å². The molecule has 0 aromatic carbocycles. The van der Waals surface area contributed by atoms with Crippen molar-refractivity contribution in [2.75, 3.05) is 17.3 Å². The first-order chi connectivity index (χ1) is 7.29. The summed E-state index contributed by atoms with van der Waals surface area (Å²) in [5.41, 5.74) is 0. The second-order valence-electron chi connectivity index (χ2n) is 3.20. The number of nitrogens with one attached hydrogen (secondary N) is 1. The maximum absolute atomic E-state index is 12.2. The molecular weight excluding hydrogens is 263 g/mol. The van der Waals surface area contributed by atoms with Gasteiger partial charge in [0.2, 0.25) is 10.1 Å². The molecule has 1 aromatic rings. The molecule has 9 heteroatoms. The highest BCUT2D eigenvalue weighted by molar-refractivity contribution is 7.84. The molecule has 1 N–H and O–H groups in total. The molecule has 92 valence electrons. The van der Waals surface area contributed by atoms with E-state index in [2.05, 4.69) is 15.5 Å². The molecule has 1 heterocycles. The van der Waals surface area contributed by atoms with Gasteiger partial charge in [-0.25, -0.2) is 0 Å². The van der Waals surface area contributed by atoms with Gasteiger partial charge < -0.3 is 5.32 Å². The lowest BCUT2D eigenvalue weighted by Gasteiger charge is -2.09. The molecule has 1 aromatic heterocycles. The average Bonchev–Trinajstić information content (AvgIpc) is 2.49. The third kappa shape index (κ3) is 4.05. The van der Waals surface area contributed by atoms with Gasteiger partial charge in [-0.05, 0) is 6.92 Å². The quantitative estimate of drug-likeness (QED) is 0.908. The third-order valence-corrected chi connectivity index (χ3v) is 3.39. The van der Waals surface area contributed by atoms with E-state index in [0.717, 1.165) is 0 Å². The molecule has 0 saturated carbocycles. The third-order valence-electron chi connectivity index (χ3n) is 1.52. The summed E-state index contributed by atoms with van der Waals surface area (Å²) < 4.78 is 47.4. The van der Waals surface area contributed by atoms with Crippen molar-refractivity contribution in [1.29, 1.82) is 0 Å². The molecule has 4 nitrogen and oxygen atoms in total. The first-order valence-electron chi connectivity index (χ1n) is 4.26. The number of hydrogen-bond donors (Lipinski definition) is 1. The van der Waals surface area contributed by atoms with Gasteiger partial charge in [-0.1, -0.05) is 11.3 Å². The van der Waals surface area contributed by atoms with Crippen molar-refractivity contribution in [3.05, 3.63) is 5.01 Å². The minimum Gasteiger partial charge on any atom is -0.357 e. The zero-order valence-corrected chi connectivity index (χ0v) is 10.2. The maximum Gasteiger partial charge on any atom is 0.445 e. The second-order valence-corrected chi connectivity index (χ2v) is 5.65. The summed E-state index contributed by atoms with van der Waals surface area (Å²) >= 11 is 0.438. The van der Waals surface area contributed by atoms with Gasteiger partial charge >= 0.3 is 6.18 Å². The van der Waals surface area contributed by atoms with Crippen molar-refractivity contribution in [1.82, 2.24) is 10.2 Å². The summed E-state index contributed by atoms with van der Waals surface area (Å²) in [6, 6.07) is -0.208. The standard InChI is InChI=1S/C7H10F3N3OS2/c1-4(3-16(2)14)11-6-13-12-5(15-6)7(8,9)10/h4H,3H2,1-2H3,(H,11,13). The molecule has 0 aliphatic carbocycles. The van der Waals surface area contributed by atoms with Crippen LogP contribution in [0.2, 0.25) is 0 Å². The van der Waals surface area contributed by atoms with Crippen molar-refractivity contribution in [2.45, 2.75) is 19.1 Å². The molecule has 0 aliphatic rings. The number of anilines is 1. The van der Waals surface area contributed by atoms with Crippen molar-refractivity contribution >= 4 is 27.3 Å². The Balaban J connectivity index is 2.62. The van der Waals surface area contributed by atoms with Gasteiger partial charge in [0.1, 0.15) is 0 Å². The van der Waals surface area contributed by atoms with Gasteiger partial charge in [-0.2, -0.15) is 13.2 Å². The predicted molar refractivity (Wildman–Crippen MR) is 56.9 cm³/mol. The van der Waals surface area contributed by atoms with Crippen LogP contribution in [0.5, 0.6) is 0 Å². The van der Waals surface area contributed by atoms with Gasteiger partial charge in [0, 0.05) is 28.9 Å². The van der Waals surface area contributed by atoms with E-state index in [1.54, 1.807) is 6.92 Å². The maximum atomic E-state index is 12.2. The molecule has 2 unspecified atom stereocenters. The Labute approximate surface area is 96.7 Å². The Hall–Kier alpha value is -0.700. The Bertz CT molecular complexity index is 379. The van der Waals surface area contributed by atoms with Crippen molar-refractivity contribution in [3.63, 3.8) is 0 Å². The minimum absolute atomic E-state index is 0.0882. The fraction of sp³-hybridized carbons (Fsp3) is 0.714. The molecule has 0 amide bonds. The Morgan fingerprint density at radius 1 is 1.50 bits per heavy atom. The van der Waals surface area contributed by atoms with Crippen LogP contribution < -0.4 is 5.32 Å². The van der Waals surface area contributed by atoms with E-state index < -0.39 is 22.0 Å². The number of aromatic nitrogens is 2. The van der Waals surface area contributed by atoms with E-state index in [4.69, 9.17) is 0 Å². The van der Waals surface area contributed by atoms with Crippen LogP contribution in [0.25, 0.3) is 0 Å². The van der Waals surface area contributed by atoms with Gasteiger partial charge in [-0.15, -0.1) is 10.2 Å². The number of halogens is 3. The summed E-state index contributed by atoms with van der Waals surface area (Å²) in [7, 11) is -1.01. The van der Waals surface area contributed by atoms with Crippen LogP contribution >= 0.6 is 11.3 Å². The van der Waals surface area contributed by atoms with Crippen molar-refractivity contribution in [2.24, 2.45) is 0 Å². The number of nitrogens with zero attached hydrogens (tertiary/aromatic N) is 2. The van der Waals surface area contributed by atoms with E-state index in [9.17, 15) is 17.4 Å². The number of rotatable bonds is 4. The smallest absolute Gasteiger partial charge is 0.357 e. The highest BCUT2D eigenvalue weighted by Crippen LogP contribution is 2.33. The molecule has 0 radical (unpaired) electrons. The Morgan fingerprint density at radius 3 is 2.56 bits per heavy atom. The summed E-state index contributed by atoms with van der Waals surface area (Å²) in [6.45, 7) is 1.72. The topological polar surface area (TPSA) is 54.9 Å². The predicted octanol–water partition coefficient (Wildman–Crippen LogP) is 1.74. The van der Waals surface area contributed by atoms with Crippen LogP contribution in [0, 0.1) is 0 Å². The first kappa shape index (κ1) is 13.4. The summed E-state index contributed by atoms with van der Waals surface area (Å²) in [6.07, 6.45) is -2.94. The average molecular weight is 273 g/mol. The zero-order chi connectivity index (χ0) is 12.3. The lowest BCUT2D eigenvalue weighted by atomic mass is 10.4. The van der Waals surface area contributed by atoms with Crippen LogP contribution in [0.15, 0.2) is 0 Å². The van der Waals surface area contributed by atoms with Gasteiger partial charge in [0.15, 0.2) is 0 Å². The molecule has 0 saturated heterocycles. The second kappa shape index (κ2) is 5.09. The highest BCUT2D eigenvalue weighted by Gasteiger charge is 2.35. The summed E-state index contributed by atoms with van der Waals surface area (Å²) in [5.74, 6) is 0.348. The van der Waals surface area contributed by atoms with E-state index in [-0.39, 0.29) is 11.2 Å². The number of alkyl halides is 3. The van der Waals surface area contributed by atoms with Crippen LogP contribution in [-0.2, 0) is 17.0 Å². The normalized spacial score (nSPS) is 15.8. The summed E-state index contributed by atoms with van der Waals surface area (Å²) in [4.78, 5) is 0. The molecule has 0 aliphatic heterocycles. The Morgan fingerprint density at radius 2 is 2.12 bits per heavy atom. The van der Waals surface area contributed by atoms with E-state index in [0.29, 0.717) is 17.1 Å². The van der Waals surface area contributed by atoms with Crippen molar-refractivity contribution < 1.29 is 17.4 Å². The van der Waals surface area contributed by atoms with Gasteiger partial charge in [-0.3, -0.25) is 4.21 Å². The molecule has 1 rings (SSSR count). The van der Waals surface area contributed by atoms with Crippen LogP contribution in [0.1, 0.15) is 11.9 Å². The largest absolute Gasteiger partial charge is 0.445 e. The zero-order valence-electron chi connectivity index (χ0n) is 8.54. The molecule has 0 bridgehead atoms. The van der Waals surface area contributed by atoms with Gasteiger partial charge in [0.05, 0.1) is 0 Å². The van der Waals surface area contributed by atoms with Crippen LogP contribution in [-0.4, -0.2) is 32.5 Å². The van der Waals surface area contributed by atoms with E-state index in [1.165, 1.54) is 6.26 Å². The number of hydrogen-bond acceptors (Lipinski definition) is 5. The monoisotopic (exact) mass is 273 g/mol. The summed E-state index contributed by atoms with van der Waals surface area (Å²) in [5, 5.41) is 8.21. The van der Waals surface area contributed by atoms with Crippen LogP contribution in [0.4, 0.5) is 18.3 Å². The molecule has 0 fully saturated rings. The first-order valence-corrected chi connectivity index (χ1v) is 6.80. The van der Waals surface area contributed by atoms with Crippen molar-refractivity contribution in [3.8, 4) is 0 Å². The molecule has 0 spiro atoms. The van der Waals surface area contributed by atoms with E-state index >= 15 is 0 Å². The SMILES string of the molecule is CC(CS(C)=O)Nc1nnc(C(F)(F)F)s1. The fourth-order valence-corrected chi connectivity index (χ4v) is 2.51. The highest BCUT2D eigenvalue weighted by atomic mass is 32.2. The molecular formula is C7H10F3N3OS2. The lowest BCUT2D eigenvalue weighted by molar-refractivity contribution is -0.138. The Kier molecular flexibility index (Phi) is 4.25. The molecule has 16 heavy (non-hydrogen) atoms. The van der Waals surface area contributed by atoms with Crippen LogP contribution in [0.3, 0.4) is 0 Å². The minimum atomic E-state index is -4.46. The van der Waals surface area contributed by atoms with Gasteiger partial charge in [0.25, 0.3) is 0 Å². The molecule has 2 atom stereocenters. The lowest BCUT2D eigenvalue weighted by Crippen LogP contribution is -2.22.